The highest BCUT2D eigenvalue weighted by molar-refractivity contribution is 6.07. The summed E-state index contributed by atoms with van der Waals surface area (Å²) in [7, 11) is 1.30. The van der Waals surface area contributed by atoms with E-state index in [0.29, 0.717) is 28.0 Å². The average molecular weight is 415 g/mol. The minimum atomic E-state index is -0.810. The highest BCUT2D eigenvalue weighted by Crippen LogP contribution is 2.41. The summed E-state index contributed by atoms with van der Waals surface area (Å²) in [5, 5.41) is 7.85. The molecule has 1 aliphatic rings. The molecule has 0 saturated carbocycles. The van der Waals surface area contributed by atoms with Crippen LogP contribution in [0.15, 0.2) is 39.1 Å². The number of esters is 2. The zero-order valence-corrected chi connectivity index (χ0v) is 17.7. The van der Waals surface area contributed by atoms with E-state index in [2.05, 4.69) is 15.3 Å². The monoisotopic (exact) mass is 415 g/mol. The van der Waals surface area contributed by atoms with Crippen LogP contribution in [0.1, 0.15) is 39.2 Å². The van der Waals surface area contributed by atoms with Gasteiger partial charge in [0.05, 0.1) is 25.4 Å². The zero-order valence-electron chi connectivity index (χ0n) is 17.7. The molecule has 1 aliphatic heterocycles. The Labute approximate surface area is 174 Å². The van der Waals surface area contributed by atoms with Gasteiger partial charge in [0.25, 0.3) is 0 Å². The molecule has 0 amide bonds. The van der Waals surface area contributed by atoms with Crippen LogP contribution in [0, 0.1) is 5.92 Å². The van der Waals surface area contributed by atoms with E-state index in [1.807, 2.05) is 13.8 Å². The molecule has 0 spiro atoms. The van der Waals surface area contributed by atoms with E-state index in [4.69, 9.17) is 18.8 Å². The van der Waals surface area contributed by atoms with Crippen molar-refractivity contribution < 1.29 is 28.4 Å². The molecule has 2 unspecified atom stereocenters. The number of nitrogens with zero attached hydrogens (tertiary/aromatic N) is 3. The molecule has 9 heteroatoms. The molecule has 0 radical (unpaired) electrons. The molecule has 1 aromatic heterocycles. The summed E-state index contributed by atoms with van der Waals surface area (Å²) in [5.74, 6) is -2.58. The quantitative estimate of drug-likeness (QED) is 0.501. The maximum atomic E-state index is 13.1. The molecule has 0 bridgehead atoms. The number of aromatic nitrogens is 2. The molecule has 0 N–H and O–H groups in total. The zero-order chi connectivity index (χ0) is 21.8. The normalized spacial score (nSPS) is 19.2. The van der Waals surface area contributed by atoms with Gasteiger partial charge in [-0.15, -0.1) is 0 Å². The molecule has 3 rings (SSSR count). The smallest absolute Gasteiger partial charge is 0.336 e. The van der Waals surface area contributed by atoms with Gasteiger partial charge in [-0.25, -0.2) is 9.42 Å². The van der Waals surface area contributed by atoms with E-state index in [0.717, 1.165) is 0 Å². The highest BCUT2D eigenvalue weighted by Gasteiger charge is 2.43. The Morgan fingerprint density at radius 2 is 1.93 bits per heavy atom. The Morgan fingerprint density at radius 1 is 1.17 bits per heavy atom. The molecule has 1 aromatic carbocycles. The first-order valence-electron chi connectivity index (χ1n) is 9.68. The van der Waals surface area contributed by atoms with E-state index in [1.165, 1.54) is 7.11 Å². The lowest BCUT2D eigenvalue weighted by Gasteiger charge is -2.31. The van der Waals surface area contributed by atoms with Crippen LogP contribution in [-0.4, -0.2) is 54.4 Å². The summed E-state index contributed by atoms with van der Waals surface area (Å²) < 4.78 is 20.8. The van der Waals surface area contributed by atoms with Crippen molar-refractivity contribution in [1.29, 1.82) is 0 Å². The fourth-order valence-corrected chi connectivity index (χ4v) is 3.64. The van der Waals surface area contributed by atoms with Gasteiger partial charge in [-0.1, -0.05) is 12.1 Å². The van der Waals surface area contributed by atoms with Gasteiger partial charge in [-0.05, 0) is 49.6 Å². The first-order chi connectivity index (χ1) is 14.3. The summed E-state index contributed by atoms with van der Waals surface area (Å²) in [5.41, 5.74) is 2.89. The number of allylic oxidation sites excluding steroid dienone is 1. The van der Waals surface area contributed by atoms with Gasteiger partial charge in [0.1, 0.15) is 23.6 Å². The number of rotatable bonds is 7. The van der Waals surface area contributed by atoms with E-state index < -0.39 is 23.8 Å². The van der Waals surface area contributed by atoms with Crippen LogP contribution in [0.5, 0.6) is 0 Å². The largest absolute Gasteiger partial charge is 0.468 e. The molecule has 0 fully saturated rings. The van der Waals surface area contributed by atoms with E-state index in [9.17, 15) is 9.59 Å². The Kier molecular flexibility index (Phi) is 6.61. The van der Waals surface area contributed by atoms with Crippen LogP contribution < -0.4 is 0 Å². The van der Waals surface area contributed by atoms with Crippen LogP contribution in [-0.2, 0) is 23.8 Å². The third-order valence-electron chi connectivity index (χ3n) is 4.92. The number of aliphatic imine (C=N–C) groups is 1. The van der Waals surface area contributed by atoms with Crippen molar-refractivity contribution in [1.82, 2.24) is 10.3 Å². The second-order valence-corrected chi connectivity index (χ2v) is 7.27. The van der Waals surface area contributed by atoms with Crippen molar-refractivity contribution >= 4 is 28.7 Å². The van der Waals surface area contributed by atoms with Crippen molar-refractivity contribution in [2.75, 3.05) is 20.3 Å². The summed E-state index contributed by atoms with van der Waals surface area (Å²) >= 11 is 0. The number of methoxy groups -OCH3 is 1. The predicted octanol–water partition coefficient (Wildman–Crippen LogP) is 2.81. The fraction of sp³-hybridized carbons (Fsp3) is 0.476. The SMILES string of the molecule is COC(=O)C1C(C)=NC(C)=C(C(=O)OCCOC(C)C)C1c1cccc2nonc12. The van der Waals surface area contributed by atoms with Gasteiger partial charge in [-0.2, -0.15) is 0 Å². The van der Waals surface area contributed by atoms with Gasteiger partial charge < -0.3 is 14.2 Å². The fourth-order valence-electron chi connectivity index (χ4n) is 3.64. The number of ether oxygens (including phenoxy) is 3. The third-order valence-corrected chi connectivity index (χ3v) is 4.92. The standard InChI is InChI=1S/C21H25N3O6/c1-11(2)28-9-10-29-21(26)17-13(4)22-12(3)16(20(25)27-5)18(17)14-7-6-8-15-19(14)24-30-23-15/h6-8,11,16,18H,9-10H2,1-5H3. The van der Waals surface area contributed by atoms with E-state index >= 15 is 0 Å². The molecule has 0 saturated heterocycles. The van der Waals surface area contributed by atoms with Crippen molar-refractivity contribution in [2.24, 2.45) is 10.9 Å². The van der Waals surface area contributed by atoms with E-state index in [1.54, 1.807) is 32.0 Å². The molecule has 2 heterocycles. The third kappa shape index (κ3) is 4.25. The van der Waals surface area contributed by atoms with Crippen molar-refractivity contribution in [3.8, 4) is 0 Å². The van der Waals surface area contributed by atoms with E-state index in [-0.39, 0.29) is 24.9 Å². The molecule has 2 atom stereocenters. The Balaban J connectivity index is 2.04. The molecular formula is C21H25N3O6. The number of carbonyl (C=O) groups excluding carboxylic acids is 2. The first-order valence-corrected chi connectivity index (χ1v) is 9.68. The van der Waals surface area contributed by atoms with Gasteiger partial charge in [0, 0.05) is 17.3 Å². The van der Waals surface area contributed by atoms with Gasteiger partial charge in [0.15, 0.2) is 0 Å². The Bertz CT molecular complexity index is 1010. The number of benzene rings is 1. The van der Waals surface area contributed by atoms with Gasteiger partial charge in [-0.3, -0.25) is 9.79 Å². The second-order valence-electron chi connectivity index (χ2n) is 7.27. The predicted molar refractivity (Wildman–Crippen MR) is 108 cm³/mol. The average Bonchev–Trinajstić information content (AvgIpc) is 3.18. The number of carbonyl (C=O) groups is 2. The maximum Gasteiger partial charge on any atom is 0.336 e. The molecule has 0 aliphatic carbocycles. The van der Waals surface area contributed by atoms with Crippen LogP contribution >= 0.6 is 0 Å². The first kappa shape index (κ1) is 21.6. The number of fused-ring (bicyclic) bond motifs is 1. The maximum absolute atomic E-state index is 13.1. The summed E-state index contributed by atoms with van der Waals surface area (Å²) in [6.45, 7) is 7.60. The van der Waals surface area contributed by atoms with Crippen molar-refractivity contribution in [3.05, 3.63) is 35.0 Å². The minimum absolute atomic E-state index is 0.0281. The lowest BCUT2D eigenvalue weighted by atomic mass is 9.75. The summed E-state index contributed by atoms with van der Waals surface area (Å²) in [4.78, 5) is 30.2. The Hall–Kier alpha value is -3.07. The molecule has 30 heavy (non-hydrogen) atoms. The van der Waals surface area contributed by atoms with Gasteiger partial charge >= 0.3 is 11.9 Å². The molecular weight excluding hydrogens is 390 g/mol. The molecule has 160 valence electrons. The van der Waals surface area contributed by atoms with Crippen LogP contribution in [0.4, 0.5) is 0 Å². The lowest BCUT2D eigenvalue weighted by molar-refractivity contribution is -0.144. The van der Waals surface area contributed by atoms with Gasteiger partial charge in [0.2, 0.25) is 0 Å². The molecule has 2 aromatic rings. The number of hydrogen-bond acceptors (Lipinski definition) is 9. The van der Waals surface area contributed by atoms with Crippen LogP contribution in [0.25, 0.3) is 11.0 Å². The van der Waals surface area contributed by atoms with Crippen LogP contribution in [0.2, 0.25) is 0 Å². The summed E-state index contributed by atoms with van der Waals surface area (Å²) in [6.07, 6.45) is 0.0281. The highest BCUT2D eigenvalue weighted by atomic mass is 16.6. The summed E-state index contributed by atoms with van der Waals surface area (Å²) in [6, 6.07) is 5.30. The van der Waals surface area contributed by atoms with Crippen molar-refractivity contribution in [3.63, 3.8) is 0 Å². The lowest BCUT2D eigenvalue weighted by Crippen LogP contribution is -2.36. The van der Waals surface area contributed by atoms with Crippen molar-refractivity contribution in [2.45, 2.75) is 39.7 Å². The minimum Gasteiger partial charge on any atom is -0.468 e. The molecule has 9 nitrogen and oxygen atoms in total. The Morgan fingerprint density at radius 3 is 2.63 bits per heavy atom. The van der Waals surface area contributed by atoms with Crippen LogP contribution in [0.3, 0.4) is 0 Å². The second kappa shape index (κ2) is 9.17. The number of hydrogen-bond donors (Lipinski definition) is 0. The topological polar surface area (TPSA) is 113 Å².